The van der Waals surface area contributed by atoms with Crippen molar-refractivity contribution in [3.63, 3.8) is 0 Å². The number of likely N-dealkylation sites (tertiary alicyclic amines) is 1. The average Bonchev–Trinajstić information content (AvgIpc) is 3.03. The quantitative estimate of drug-likeness (QED) is 0.911. The van der Waals surface area contributed by atoms with Crippen molar-refractivity contribution in [1.29, 1.82) is 0 Å². The van der Waals surface area contributed by atoms with Gasteiger partial charge in [-0.15, -0.1) is 0 Å². The topological polar surface area (TPSA) is 52.7 Å². The molecule has 0 saturated carbocycles. The summed E-state index contributed by atoms with van der Waals surface area (Å²) < 4.78 is 0. The zero-order chi connectivity index (χ0) is 16.6. The average molecular weight is 315 g/mol. The predicted octanol–water partition coefficient (Wildman–Crippen LogP) is 2.34. The number of hydrogen-bond donors (Lipinski definition) is 1. The first-order valence-electron chi connectivity index (χ1n) is 8.40. The molecule has 5 nitrogen and oxygen atoms in total. The Bertz CT molecular complexity index is 614. The van der Waals surface area contributed by atoms with E-state index >= 15 is 0 Å². The Labute approximate surface area is 137 Å². The van der Waals surface area contributed by atoms with Gasteiger partial charge >= 0.3 is 0 Å². The highest BCUT2D eigenvalue weighted by atomic mass is 16.2. The van der Waals surface area contributed by atoms with Crippen LogP contribution in [0.2, 0.25) is 0 Å². The Hall–Kier alpha value is -2.04. The van der Waals surface area contributed by atoms with Crippen LogP contribution in [0, 0.1) is 11.8 Å². The van der Waals surface area contributed by atoms with Gasteiger partial charge in [-0.1, -0.05) is 26.0 Å². The van der Waals surface area contributed by atoms with Crippen molar-refractivity contribution in [2.45, 2.75) is 33.2 Å². The summed E-state index contributed by atoms with van der Waals surface area (Å²) in [6, 6.07) is 8.23. The lowest BCUT2D eigenvalue weighted by atomic mass is 9.98. The number of fused-ring (bicyclic) bond motifs is 1. The van der Waals surface area contributed by atoms with Gasteiger partial charge in [0.15, 0.2) is 0 Å². The van der Waals surface area contributed by atoms with Crippen LogP contribution in [0.4, 0.5) is 11.4 Å². The van der Waals surface area contributed by atoms with Crippen LogP contribution in [0.5, 0.6) is 0 Å². The molecule has 0 unspecified atom stereocenters. The van der Waals surface area contributed by atoms with Crippen LogP contribution in [0.1, 0.15) is 27.2 Å². The molecule has 23 heavy (non-hydrogen) atoms. The van der Waals surface area contributed by atoms with Crippen molar-refractivity contribution in [2.24, 2.45) is 11.8 Å². The summed E-state index contributed by atoms with van der Waals surface area (Å²) in [4.78, 5) is 28.3. The molecule has 124 valence electrons. The molecule has 1 saturated heterocycles. The summed E-state index contributed by atoms with van der Waals surface area (Å²) in [5.41, 5.74) is 1.97. The van der Waals surface area contributed by atoms with Gasteiger partial charge in [0.1, 0.15) is 0 Å². The van der Waals surface area contributed by atoms with Gasteiger partial charge < -0.3 is 15.1 Å². The second kappa shape index (κ2) is 6.22. The van der Waals surface area contributed by atoms with Crippen molar-refractivity contribution < 1.29 is 9.59 Å². The van der Waals surface area contributed by atoms with Gasteiger partial charge in [-0.2, -0.15) is 0 Å². The van der Waals surface area contributed by atoms with Gasteiger partial charge in [0.2, 0.25) is 11.8 Å². The first kappa shape index (κ1) is 15.8. The molecular formula is C18H25N3O2. The molecule has 3 rings (SSSR count). The van der Waals surface area contributed by atoms with E-state index in [-0.39, 0.29) is 23.8 Å². The highest BCUT2D eigenvalue weighted by Gasteiger charge is 2.36. The number of nitrogens with one attached hydrogen (secondary N) is 1. The van der Waals surface area contributed by atoms with E-state index in [0.717, 1.165) is 17.8 Å². The molecule has 0 aliphatic carbocycles. The van der Waals surface area contributed by atoms with Crippen LogP contribution in [0.15, 0.2) is 24.3 Å². The van der Waals surface area contributed by atoms with Crippen molar-refractivity contribution in [1.82, 2.24) is 4.90 Å². The Kier molecular flexibility index (Phi) is 4.28. The third-order valence-electron chi connectivity index (χ3n) is 4.97. The van der Waals surface area contributed by atoms with Crippen molar-refractivity contribution >= 4 is 23.2 Å². The van der Waals surface area contributed by atoms with Gasteiger partial charge in [-0.05, 0) is 24.5 Å². The van der Waals surface area contributed by atoms with Gasteiger partial charge in [-0.3, -0.25) is 9.59 Å². The maximum absolute atomic E-state index is 13.1. The zero-order valence-electron chi connectivity index (χ0n) is 14.1. The maximum Gasteiger partial charge on any atom is 0.232 e. The molecule has 1 aromatic carbocycles. The summed E-state index contributed by atoms with van der Waals surface area (Å²) in [6.07, 6.45) is 0.761. The monoisotopic (exact) mass is 315 g/mol. The van der Waals surface area contributed by atoms with E-state index in [0.29, 0.717) is 25.6 Å². The van der Waals surface area contributed by atoms with Crippen LogP contribution < -0.4 is 10.2 Å². The minimum absolute atomic E-state index is 0.0565. The van der Waals surface area contributed by atoms with Crippen LogP contribution in [-0.2, 0) is 9.59 Å². The molecule has 2 heterocycles. The number of hydrogen-bond acceptors (Lipinski definition) is 3. The van der Waals surface area contributed by atoms with E-state index in [1.807, 2.05) is 29.2 Å². The highest BCUT2D eigenvalue weighted by molar-refractivity contribution is 5.99. The third-order valence-corrected chi connectivity index (χ3v) is 4.97. The van der Waals surface area contributed by atoms with Gasteiger partial charge in [0.05, 0.1) is 17.3 Å². The van der Waals surface area contributed by atoms with E-state index in [1.165, 1.54) is 0 Å². The molecule has 1 fully saturated rings. The highest BCUT2D eigenvalue weighted by Crippen LogP contribution is 2.34. The van der Waals surface area contributed by atoms with Gasteiger partial charge in [-0.25, -0.2) is 0 Å². The standard InChI is InChI=1S/C18H25N3O2/c1-12(2)16-11-21(17-7-5-4-6-15(17)19-16)18(23)14-8-9-20(10-14)13(3)22/h4-7,12,14,16,19H,8-11H2,1-3H3/t14-,16+/m1/s1. The Morgan fingerprint density at radius 2 is 1.96 bits per heavy atom. The summed E-state index contributed by atoms with van der Waals surface area (Å²) >= 11 is 0. The van der Waals surface area contributed by atoms with E-state index in [9.17, 15) is 9.59 Å². The maximum atomic E-state index is 13.1. The Morgan fingerprint density at radius 3 is 2.61 bits per heavy atom. The van der Waals surface area contributed by atoms with Crippen LogP contribution >= 0.6 is 0 Å². The number of amides is 2. The van der Waals surface area contributed by atoms with E-state index in [1.54, 1.807) is 11.8 Å². The molecule has 0 bridgehead atoms. The molecule has 1 aromatic rings. The fraction of sp³-hybridized carbons (Fsp3) is 0.556. The van der Waals surface area contributed by atoms with E-state index in [2.05, 4.69) is 19.2 Å². The molecule has 2 aliphatic heterocycles. The van der Waals surface area contributed by atoms with Crippen molar-refractivity contribution in [3.8, 4) is 0 Å². The van der Waals surface area contributed by atoms with Crippen LogP contribution in [-0.4, -0.2) is 42.4 Å². The van der Waals surface area contributed by atoms with Crippen molar-refractivity contribution in [2.75, 3.05) is 29.9 Å². The third kappa shape index (κ3) is 3.05. The number of para-hydroxylation sites is 2. The van der Waals surface area contributed by atoms with Crippen molar-refractivity contribution in [3.05, 3.63) is 24.3 Å². The minimum Gasteiger partial charge on any atom is -0.379 e. The van der Waals surface area contributed by atoms with E-state index < -0.39 is 0 Å². The fourth-order valence-corrected chi connectivity index (χ4v) is 3.43. The second-order valence-corrected chi connectivity index (χ2v) is 6.91. The zero-order valence-corrected chi connectivity index (χ0v) is 14.1. The smallest absolute Gasteiger partial charge is 0.232 e. The molecule has 2 aliphatic rings. The first-order chi connectivity index (χ1) is 11.0. The molecule has 0 aromatic heterocycles. The minimum atomic E-state index is -0.0853. The normalized spacial score (nSPS) is 23.7. The molecule has 5 heteroatoms. The summed E-state index contributed by atoms with van der Waals surface area (Å²) in [5.74, 6) is 0.559. The Balaban J connectivity index is 1.83. The lowest BCUT2D eigenvalue weighted by molar-refractivity contribution is -0.128. The largest absolute Gasteiger partial charge is 0.379 e. The fourth-order valence-electron chi connectivity index (χ4n) is 3.43. The molecule has 0 spiro atoms. The van der Waals surface area contributed by atoms with E-state index in [4.69, 9.17) is 0 Å². The molecule has 1 N–H and O–H groups in total. The number of rotatable bonds is 2. The number of carbonyl (C=O) groups excluding carboxylic acids is 2. The lowest BCUT2D eigenvalue weighted by Gasteiger charge is -2.38. The van der Waals surface area contributed by atoms with Gasteiger partial charge in [0.25, 0.3) is 0 Å². The molecule has 2 amide bonds. The number of carbonyl (C=O) groups is 2. The number of benzene rings is 1. The summed E-state index contributed by atoms with van der Waals surface area (Å²) in [5, 5.41) is 3.54. The molecule has 0 radical (unpaired) electrons. The van der Waals surface area contributed by atoms with Crippen LogP contribution in [0.3, 0.4) is 0 Å². The SMILES string of the molecule is CC(=O)N1CC[C@@H](C(=O)N2C[C@@H](C(C)C)Nc3ccccc32)C1. The number of nitrogens with zero attached hydrogens (tertiary/aromatic N) is 2. The molecular weight excluding hydrogens is 290 g/mol. The molecule has 2 atom stereocenters. The van der Waals surface area contributed by atoms with Gasteiger partial charge in [0, 0.05) is 32.6 Å². The van der Waals surface area contributed by atoms with Crippen LogP contribution in [0.25, 0.3) is 0 Å². The summed E-state index contributed by atoms with van der Waals surface area (Å²) in [7, 11) is 0. The first-order valence-corrected chi connectivity index (χ1v) is 8.40. The number of anilines is 2. The Morgan fingerprint density at radius 1 is 1.22 bits per heavy atom. The lowest BCUT2D eigenvalue weighted by Crippen LogP contribution is -2.49. The second-order valence-electron chi connectivity index (χ2n) is 6.91. The predicted molar refractivity (Wildman–Crippen MR) is 91.4 cm³/mol. The summed E-state index contributed by atoms with van der Waals surface area (Å²) in [6.45, 7) is 7.83.